The van der Waals surface area contributed by atoms with Gasteiger partial charge in [-0.2, -0.15) is 10.5 Å². The summed E-state index contributed by atoms with van der Waals surface area (Å²) >= 11 is 5.30. The number of thioether (sulfide) groups is 1. The smallest absolute Gasteiger partial charge is 0.143 e. The monoisotopic (exact) mass is 555 g/mol. The van der Waals surface area contributed by atoms with Crippen LogP contribution in [0.15, 0.2) is 83.3 Å². The van der Waals surface area contributed by atoms with Crippen molar-refractivity contribution < 1.29 is 0 Å². The van der Waals surface area contributed by atoms with Crippen molar-refractivity contribution >= 4 is 92.0 Å². The maximum atomic E-state index is 9.62. The molecule has 1 atom stereocenters. The molecule has 186 valence electrons. The van der Waals surface area contributed by atoms with E-state index in [1.54, 1.807) is 11.8 Å². The largest absolute Gasteiger partial charge is 0.299 e. The van der Waals surface area contributed by atoms with Gasteiger partial charge in [0.15, 0.2) is 0 Å². The summed E-state index contributed by atoms with van der Waals surface area (Å²) in [6, 6.07) is 26.4. The number of rotatable bonds is 1. The highest BCUT2D eigenvalue weighted by Gasteiger charge is 2.54. The lowest BCUT2D eigenvalue weighted by Crippen LogP contribution is -2.38. The first kappa shape index (κ1) is 23.1. The molecule has 0 radical (unpaired) electrons. The minimum Gasteiger partial charge on any atom is -0.299 e. The third-order valence-corrected chi connectivity index (χ3v) is 13.1. The summed E-state index contributed by atoms with van der Waals surface area (Å²) in [5.74, 6) is 0. The van der Waals surface area contributed by atoms with Crippen molar-refractivity contribution in [1.82, 2.24) is 4.40 Å². The minimum atomic E-state index is -0.408. The zero-order chi connectivity index (χ0) is 26.8. The van der Waals surface area contributed by atoms with Gasteiger partial charge in [-0.1, -0.05) is 55.1 Å². The van der Waals surface area contributed by atoms with Gasteiger partial charge in [-0.15, -0.1) is 34.4 Å². The number of hydrogen-bond donors (Lipinski definition) is 0. The van der Waals surface area contributed by atoms with Crippen molar-refractivity contribution in [3.63, 3.8) is 0 Å². The van der Waals surface area contributed by atoms with E-state index in [2.05, 4.69) is 105 Å². The Labute approximate surface area is 237 Å². The molecule has 1 unspecified atom stereocenters. The molecule has 0 amide bonds. The number of hydrogen-bond acceptors (Lipinski definition) is 5. The van der Waals surface area contributed by atoms with E-state index in [1.807, 2.05) is 22.7 Å². The molecule has 3 aromatic carbocycles. The summed E-state index contributed by atoms with van der Waals surface area (Å²) in [6.07, 6.45) is 0. The van der Waals surface area contributed by atoms with Crippen LogP contribution in [0.4, 0.5) is 0 Å². The highest BCUT2D eigenvalue weighted by Crippen LogP contribution is 2.63. The fourth-order valence-electron chi connectivity index (χ4n) is 6.55. The fraction of sp³-hybridized carbons (Fsp3) is 0.152. The Hall–Kier alpha value is -3.81. The summed E-state index contributed by atoms with van der Waals surface area (Å²) < 4.78 is 4.78. The number of allylic oxidation sites excluding steroid dienone is 2. The molecule has 7 aromatic rings. The molecule has 5 heterocycles. The van der Waals surface area contributed by atoms with Crippen LogP contribution in [0.5, 0.6) is 0 Å². The molecule has 0 bridgehead atoms. The summed E-state index contributed by atoms with van der Waals surface area (Å²) in [4.78, 5) is 3.24. The molecule has 1 fully saturated rings. The van der Waals surface area contributed by atoms with Crippen molar-refractivity contribution in [1.29, 1.82) is 10.5 Å². The standard InChI is InChI=1S/C33H21N3S3/c1-17-29(19(15-34)16-35)39-32(2,3)33(17,4)25-14-24-30(38-25)27-22-10-7-8-18-12-13-21-20-9-5-6-11-23(20)36(31(27)37-24)28(21)26(18)22/h5-14H,1H2,2-4H3. The fourth-order valence-corrected chi connectivity index (χ4v) is 11.1. The predicted octanol–water partition coefficient (Wildman–Crippen LogP) is 9.91. The van der Waals surface area contributed by atoms with Crippen molar-refractivity contribution in [2.75, 3.05) is 0 Å². The van der Waals surface area contributed by atoms with E-state index in [9.17, 15) is 10.5 Å². The maximum absolute atomic E-state index is 9.62. The highest BCUT2D eigenvalue weighted by atomic mass is 32.2. The lowest BCUT2D eigenvalue weighted by Gasteiger charge is -2.36. The van der Waals surface area contributed by atoms with E-state index >= 15 is 0 Å². The zero-order valence-corrected chi connectivity index (χ0v) is 24.0. The number of benzene rings is 3. The van der Waals surface area contributed by atoms with Gasteiger partial charge in [0.25, 0.3) is 0 Å². The topological polar surface area (TPSA) is 52.0 Å². The van der Waals surface area contributed by atoms with Crippen LogP contribution in [0.1, 0.15) is 25.6 Å². The first-order valence-corrected chi connectivity index (χ1v) is 15.2. The molecule has 0 aliphatic carbocycles. The lowest BCUT2D eigenvalue weighted by molar-refractivity contribution is 0.469. The molecular formula is C33H21N3S3. The van der Waals surface area contributed by atoms with Crippen molar-refractivity contribution in [2.24, 2.45) is 0 Å². The lowest BCUT2D eigenvalue weighted by atomic mass is 9.71. The number of fused-ring (bicyclic) bond motifs is 8. The van der Waals surface area contributed by atoms with Crippen LogP contribution in [-0.2, 0) is 5.41 Å². The van der Waals surface area contributed by atoms with E-state index in [-0.39, 0.29) is 10.3 Å². The van der Waals surface area contributed by atoms with E-state index in [0.29, 0.717) is 0 Å². The van der Waals surface area contributed by atoms with E-state index < -0.39 is 5.41 Å². The van der Waals surface area contributed by atoms with Gasteiger partial charge in [0, 0.05) is 46.2 Å². The highest BCUT2D eigenvalue weighted by molar-refractivity contribution is 8.05. The predicted molar refractivity (Wildman–Crippen MR) is 168 cm³/mol. The second-order valence-electron chi connectivity index (χ2n) is 10.9. The molecule has 1 aliphatic heterocycles. The minimum absolute atomic E-state index is 0.157. The number of pyridine rings is 1. The van der Waals surface area contributed by atoms with Crippen LogP contribution in [0.2, 0.25) is 0 Å². The number of para-hydroxylation sites is 1. The average Bonchev–Trinajstić information content (AvgIpc) is 3.64. The average molecular weight is 556 g/mol. The Morgan fingerprint density at radius 1 is 0.872 bits per heavy atom. The van der Waals surface area contributed by atoms with Crippen LogP contribution in [0.3, 0.4) is 0 Å². The first-order valence-electron chi connectivity index (χ1n) is 12.8. The normalized spacial score (nSPS) is 19.3. The number of nitrogens with zero attached hydrogens (tertiary/aromatic N) is 3. The van der Waals surface area contributed by atoms with Crippen LogP contribution >= 0.6 is 34.4 Å². The quantitative estimate of drug-likeness (QED) is 0.189. The van der Waals surface area contributed by atoms with Crippen molar-refractivity contribution in [2.45, 2.75) is 30.9 Å². The molecule has 0 spiro atoms. The molecule has 8 rings (SSSR count). The maximum Gasteiger partial charge on any atom is 0.143 e. The Morgan fingerprint density at radius 2 is 1.64 bits per heavy atom. The summed E-state index contributed by atoms with van der Waals surface area (Å²) in [7, 11) is 0. The summed E-state index contributed by atoms with van der Waals surface area (Å²) in [5, 5.41) is 27.0. The molecule has 4 aromatic heterocycles. The van der Waals surface area contributed by atoms with Crippen LogP contribution < -0.4 is 0 Å². The third kappa shape index (κ3) is 2.62. The number of aromatic nitrogens is 1. The molecular weight excluding hydrogens is 535 g/mol. The SMILES string of the molecule is C=C1C(=C(C#N)C#N)SC(C)(C)C1(C)c1cc2sc3c(c4cccc5ccc6c7ccccc7n3c6c54)c2s1. The molecule has 0 saturated carbocycles. The Bertz CT molecular complexity index is 2330. The van der Waals surface area contributed by atoms with Gasteiger partial charge in [0.1, 0.15) is 22.5 Å². The second kappa shape index (κ2) is 7.43. The summed E-state index contributed by atoms with van der Waals surface area (Å²) in [5.41, 5.74) is 3.16. The van der Waals surface area contributed by atoms with Gasteiger partial charge in [-0.25, -0.2) is 0 Å². The van der Waals surface area contributed by atoms with Gasteiger partial charge in [-0.05, 0) is 49.2 Å². The van der Waals surface area contributed by atoms with Crippen LogP contribution in [0, 0.1) is 22.7 Å². The Kier molecular flexibility index (Phi) is 4.40. The van der Waals surface area contributed by atoms with Crippen LogP contribution in [0.25, 0.3) is 57.6 Å². The molecule has 39 heavy (non-hydrogen) atoms. The molecule has 3 nitrogen and oxygen atoms in total. The van der Waals surface area contributed by atoms with Gasteiger partial charge in [0.2, 0.25) is 0 Å². The van der Waals surface area contributed by atoms with Crippen molar-refractivity contribution in [3.05, 3.63) is 88.2 Å². The Morgan fingerprint density at radius 3 is 2.44 bits per heavy atom. The summed E-state index contributed by atoms with van der Waals surface area (Å²) in [6.45, 7) is 11.1. The van der Waals surface area contributed by atoms with Gasteiger partial charge in [0.05, 0.1) is 15.7 Å². The molecule has 0 N–H and O–H groups in total. The van der Waals surface area contributed by atoms with Gasteiger partial charge in [-0.3, -0.25) is 4.40 Å². The van der Waals surface area contributed by atoms with Crippen molar-refractivity contribution in [3.8, 4) is 12.1 Å². The zero-order valence-electron chi connectivity index (χ0n) is 21.5. The van der Waals surface area contributed by atoms with Gasteiger partial charge >= 0.3 is 0 Å². The van der Waals surface area contributed by atoms with Crippen LogP contribution in [-0.4, -0.2) is 9.15 Å². The van der Waals surface area contributed by atoms with E-state index in [4.69, 9.17) is 0 Å². The molecule has 1 saturated heterocycles. The van der Waals surface area contributed by atoms with E-state index in [0.717, 1.165) is 10.5 Å². The third-order valence-electron chi connectivity index (χ3n) is 8.88. The van der Waals surface area contributed by atoms with Gasteiger partial charge < -0.3 is 0 Å². The molecule has 6 heteroatoms. The Balaban J connectivity index is 1.50. The van der Waals surface area contributed by atoms with E-state index in [1.165, 1.54) is 62.5 Å². The molecule has 1 aliphatic rings. The number of nitriles is 2. The number of thiophene rings is 2. The second-order valence-corrected chi connectivity index (χ2v) is 14.7. The first-order chi connectivity index (χ1) is 18.8.